The van der Waals surface area contributed by atoms with Crippen molar-refractivity contribution in [2.24, 2.45) is 0 Å². The zero-order valence-electron chi connectivity index (χ0n) is 19.0. The monoisotopic (exact) mass is 544 g/mol. The molecule has 0 bridgehead atoms. The van der Waals surface area contributed by atoms with Crippen LogP contribution in [0.3, 0.4) is 0 Å². The van der Waals surface area contributed by atoms with E-state index in [0.717, 1.165) is 28.6 Å². The Morgan fingerprint density at radius 1 is 1.09 bits per heavy atom. The van der Waals surface area contributed by atoms with Crippen molar-refractivity contribution in [3.63, 3.8) is 0 Å². The van der Waals surface area contributed by atoms with Gasteiger partial charge in [-0.05, 0) is 66.9 Å². The summed E-state index contributed by atoms with van der Waals surface area (Å²) in [6.45, 7) is 5.50. The third-order valence-corrected chi connectivity index (χ3v) is 7.19. The van der Waals surface area contributed by atoms with Gasteiger partial charge in [-0.3, -0.25) is 19.3 Å². The Balaban J connectivity index is 1.49. The van der Waals surface area contributed by atoms with Crippen LogP contribution in [0, 0.1) is 0 Å². The van der Waals surface area contributed by atoms with Crippen LogP contribution >= 0.6 is 27.7 Å². The van der Waals surface area contributed by atoms with Crippen LogP contribution < -0.4 is 9.47 Å². The zero-order chi connectivity index (χ0) is 24.2. The van der Waals surface area contributed by atoms with E-state index in [2.05, 4.69) is 22.0 Å². The third kappa shape index (κ3) is 5.15. The van der Waals surface area contributed by atoms with E-state index in [1.807, 2.05) is 32.0 Å². The second-order valence-corrected chi connectivity index (χ2v) is 9.64. The van der Waals surface area contributed by atoms with Crippen LogP contribution in [0.4, 0.5) is 4.79 Å². The Morgan fingerprint density at radius 3 is 2.47 bits per heavy atom. The van der Waals surface area contributed by atoms with E-state index in [9.17, 15) is 14.4 Å². The molecule has 4 rings (SSSR count). The van der Waals surface area contributed by atoms with Gasteiger partial charge >= 0.3 is 0 Å². The Labute approximate surface area is 211 Å². The molecule has 0 unspecified atom stereocenters. The summed E-state index contributed by atoms with van der Waals surface area (Å²) in [4.78, 5) is 41.5. The van der Waals surface area contributed by atoms with E-state index in [1.165, 1.54) is 5.56 Å². The van der Waals surface area contributed by atoms with Crippen LogP contribution in [0.15, 0.2) is 45.8 Å². The van der Waals surface area contributed by atoms with Crippen LogP contribution in [0.2, 0.25) is 0 Å². The lowest BCUT2D eigenvalue weighted by atomic mass is 10.00. The van der Waals surface area contributed by atoms with Crippen LogP contribution in [0.5, 0.6) is 11.5 Å². The van der Waals surface area contributed by atoms with Crippen molar-refractivity contribution in [3.8, 4) is 11.5 Å². The van der Waals surface area contributed by atoms with E-state index in [4.69, 9.17) is 9.47 Å². The molecule has 0 saturated carbocycles. The lowest BCUT2D eigenvalue weighted by Gasteiger charge is -2.29. The quantitative estimate of drug-likeness (QED) is 0.463. The summed E-state index contributed by atoms with van der Waals surface area (Å²) in [5.41, 5.74) is 3.01. The maximum absolute atomic E-state index is 13.0. The van der Waals surface area contributed by atoms with Gasteiger partial charge in [-0.25, -0.2) is 0 Å². The molecule has 178 valence electrons. The van der Waals surface area contributed by atoms with Crippen molar-refractivity contribution in [2.45, 2.75) is 26.8 Å². The number of hydrogen-bond donors (Lipinski definition) is 0. The van der Waals surface area contributed by atoms with Crippen LogP contribution in [-0.2, 0) is 22.6 Å². The molecule has 1 fully saturated rings. The number of imide groups is 1. The Morgan fingerprint density at radius 2 is 1.76 bits per heavy atom. The first-order valence-electron chi connectivity index (χ1n) is 11.1. The molecule has 1 saturated heterocycles. The average Bonchev–Trinajstić information content (AvgIpc) is 3.09. The number of carbonyl (C=O) groups excluding carboxylic acids is 3. The standard InChI is InChI=1S/C25H25BrN2O5S/c1-3-32-20-11-18(19(26)13-21(20)33-4-2)12-22-24(30)28(25(31)34-22)15-23(29)27-10-9-16-7-5-6-8-17(16)14-27/h5-8,11-13H,3-4,9-10,14-15H2,1-2H3/b22-12-. The normalized spacial score (nSPS) is 16.7. The minimum Gasteiger partial charge on any atom is -0.490 e. The van der Waals surface area contributed by atoms with Crippen LogP contribution in [0.25, 0.3) is 6.08 Å². The van der Waals surface area contributed by atoms with Gasteiger partial charge in [0.25, 0.3) is 11.1 Å². The minimum atomic E-state index is -0.473. The highest BCUT2D eigenvalue weighted by molar-refractivity contribution is 9.10. The molecule has 0 aliphatic carbocycles. The first-order chi connectivity index (χ1) is 16.4. The topological polar surface area (TPSA) is 76.2 Å². The summed E-state index contributed by atoms with van der Waals surface area (Å²) in [7, 11) is 0. The van der Waals surface area contributed by atoms with Crippen molar-refractivity contribution in [1.82, 2.24) is 9.80 Å². The van der Waals surface area contributed by atoms with E-state index < -0.39 is 11.1 Å². The molecular weight excluding hydrogens is 520 g/mol. The van der Waals surface area contributed by atoms with E-state index in [1.54, 1.807) is 23.1 Å². The minimum absolute atomic E-state index is 0.237. The molecule has 0 radical (unpaired) electrons. The average molecular weight is 545 g/mol. The molecule has 34 heavy (non-hydrogen) atoms. The molecule has 2 heterocycles. The number of carbonyl (C=O) groups is 3. The molecule has 3 amide bonds. The number of amides is 3. The molecular formula is C25H25BrN2O5S. The molecule has 2 aromatic rings. The van der Waals surface area contributed by atoms with Crippen LogP contribution in [0.1, 0.15) is 30.5 Å². The number of halogens is 1. The number of nitrogens with zero attached hydrogens (tertiary/aromatic N) is 2. The number of ether oxygens (including phenoxy) is 2. The third-order valence-electron chi connectivity index (χ3n) is 5.60. The first-order valence-corrected chi connectivity index (χ1v) is 12.7. The summed E-state index contributed by atoms with van der Waals surface area (Å²) in [5.74, 6) is 0.437. The van der Waals surface area contributed by atoms with Crippen molar-refractivity contribution in [2.75, 3.05) is 26.3 Å². The summed E-state index contributed by atoms with van der Waals surface area (Å²) in [5, 5.41) is -0.450. The summed E-state index contributed by atoms with van der Waals surface area (Å²) >= 11 is 4.34. The summed E-state index contributed by atoms with van der Waals surface area (Å²) in [6, 6.07) is 11.6. The van der Waals surface area contributed by atoms with Crippen molar-refractivity contribution in [3.05, 3.63) is 62.5 Å². The molecule has 7 nitrogen and oxygen atoms in total. The zero-order valence-corrected chi connectivity index (χ0v) is 21.4. The van der Waals surface area contributed by atoms with Gasteiger partial charge in [0.2, 0.25) is 5.91 Å². The Kier molecular flexibility index (Phi) is 7.63. The predicted octanol–water partition coefficient (Wildman–Crippen LogP) is 4.87. The predicted molar refractivity (Wildman–Crippen MR) is 135 cm³/mol. The second-order valence-electron chi connectivity index (χ2n) is 7.79. The van der Waals surface area contributed by atoms with Gasteiger partial charge in [0.15, 0.2) is 11.5 Å². The highest BCUT2D eigenvalue weighted by atomic mass is 79.9. The van der Waals surface area contributed by atoms with Crippen LogP contribution in [-0.4, -0.2) is 53.2 Å². The van der Waals surface area contributed by atoms with Gasteiger partial charge in [0.05, 0.1) is 18.1 Å². The number of thioether (sulfide) groups is 1. The van der Waals surface area contributed by atoms with E-state index in [0.29, 0.717) is 47.8 Å². The molecule has 0 N–H and O–H groups in total. The van der Waals surface area contributed by atoms with Gasteiger partial charge in [-0.15, -0.1) is 0 Å². The number of rotatable bonds is 7. The molecule has 0 spiro atoms. The van der Waals surface area contributed by atoms with E-state index in [-0.39, 0.29) is 17.4 Å². The van der Waals surface area contributed by atoms with Gasteiger partial charge in [0.1, 0.15) is 6.54 Å². The van der Waals surface area contributed by atoms with E-state index >= 15 is 0 Å². The highest BCUT2D eigenvalue weighted by Crippen LogP contribution is 2.38. The number of benzene rings is 2. The molecule has 0 aromatic heterocycles. The fourth-order valence-electron chi connectivity index (χ4n) is 3.92. The largest absolute Gasteiger partial charge is 0.490 e. The molecule has 2 aliphatic rings. The van der Waals surface area contributed by atoms with Gasteiger partial charge in [0, 0.05) is 17.6 Å². The second kappa shape index (κ2) is 10.7. The maximum atomic E-state index is 13.0. The van der Waals surface area contributed by atoms with Crippen molar-refractivity contribution in [1.29, 1.82) is 0 Å². The molecule has 2 aromatic carbocycles. The Bertz CT molecular complexity index is 1170. The number of hydrogen-bond acceptors (Lipinski definition) is 6. The fourth-order valence-corrected chi connectivity index (χ4v) is 5.19. The van der Waals surface area contributed by atoms with Gasteiger partial charge < -0.3 is 14.4 Å². The highest BCUT2D eigenvalue weighted by Gasteiger charge is 2.37. The molecule has 0 atom stereocenters. The summed E-state index contributed by atoms with van der Waals surface area (Å²) < 4.78 is 12.0. The molecule has 9 heteroatoms. The SMILES string of the molecule is CCOc1cc(Br)c(/C=C2\SC(=O)N(CC(=O)N3CCc4ccccc4C3)C2=O)cc1OCC. The lowest BCUT2D eigenvalue weighted by molar-refractivity contribution is -0.136. The van der Waals surface area contributed by atoms with Gasteiger partial charge in [-0.1, -0.05) is 40.2 Å². The smallest absolute Gasteiger partial charge is 0.294 e. The summed E-state index contributed by atoms with van der Waals surface area (Å²) in [6.07, 6.45) is 2.40. The first kappa shape index (κ1) is 24.3. The number of fused-ring (bicyclic) bond motifs is 1. The van der Waals surface area contributed by atoms with Crippen molar-refractivity contribution < 1.29 is 23.9 Å². The maximum Gasteiger partial charge on any atom is 0.294 e. The lowest BCUT2D eigenvalue weighted by Crippen LogP contribution is -2.44. The molecule has 2 aliphatic heterocycles. The fraction of sp³-hybridized carbons (Fsp3) is 0.320. The van der Waals surface area contributed by atoms with Crippen molar-refractivity contribution >= 4 is 50.8 Å². The van der Waals surface area contributed by atoms with Gasteiger partial charge in [-0.2, -0.15) is 0 Å². The Hall–Kier alpha value is -2.78.